The monoisotopic (exact) mass is 349 g/mol. The Morgan fingerprint density at radius 3 is 2.83 bits per heavy atom. The van der Waals surface area contributed by atoms with Crippen LogP contribution in [0.2, 0.25) is 5.15 Å². The van der Waals surface area contributed by atoms with E-state index in [4.69, 9.17) is 11.6 Å². The van der Waals surface area contributed by atoms with Crippen molar-refractivity contribution in [2.45, 2.75) is 51.1 Å². The van der Waals surface area contributed by atoms with E-state index in [9.17, 15) is 9.59 Å². The number of carbonyl (C=O) groups excluding carboxylic acids is 2. The SMILES string of the molecule is CN(Cc1cccnc1Cl)C(=O)[C@@H]1CCC(=O)N(C2CCCC2)C1. The Hall–Kier alpha value is -1.62. The third kappa shape index (κ3) is 3.72. The molecule has 1 aliphatic carbocycles. The van der Waals surface area contributed by atoms with Crippen LogP contribution in [0.3, 0.4) is 0 Å². The number of amides is 2. The lowest BCUT2D eigenvalue weighted by Crippen LogP contribution is -2.49. The van der Waals surface area contributed by atoms with Crippen LogP contribution in [0.4, 0.5) is 0 Å². The molecule has 130 valence electrons. The highest BCUT2D eigenvalue weighted by Gasteiger charge is 2.36. The third-order valence-electron chi connectivity index (χ3n) is 5.18. The van der Waals surface area contributed by atoms with Gasteiger partial charge in [0.2, 0.25) is 11.8 Å². The van der Waals surface area contributed by atoms with Crippen molar-refractivity contribution in [2.24, 2.45) is 5.92 Å². The molecule has 1 saturated heterocycles. The minimum Gasteiger partial charge on any atom is -0.341 e. The minimum absolute atomic E-state index is 0.0883. The number of hydrogen-bond acceptors (Lipinski definition) is 3. The van der Waals surface area contributed by atoms with Crippen molar-refractivity contribution in [3.63, 3.8) is 0 Å². The van der Waals surface area contributed by atoms with Crippen LogP contribution in [0.25, 0.3) is 0 Å². The molecule has 0 N–H and O–H groups in total. The molecule has 1 aromatic rings. The van der Waals surface area contributed by atoms with Gasteiger partial charge in [-0.15, -0.1) is 0 Å². The maximum absolute atomic E-state index is 12.8. The van der Waals surface area contributed by atoms with Crippen molar-refractivity contribution in [1.82, 2.24) is 14.8 Å². The fraction of sp³-hybridized carbons (Fsp3) is 0.611. The zero-order valence-electron chi connectivity index (χ0n) is 14.1. The second-order valence-corrected chi connectivity index (χ2v) is 7.23. The number of hydrogen-bond donors (Lipinski definition) is 0. The second-order valence-electron chi connectivity index (χ2n) is 6.87. The van der Waals surface area contributed by atoms with E-state index in [1.54, 1.807) is 18.1 Å². The third-order valence-corrected chi connectivity index (χ3v) is 5.52. The highest BCUT2D eigenvalue weighted by Crippen LogP contribution is 2.29. The van der Waals surface area contributed by atoms with E-state index in [2.05, 4.69) is 4.98 Å². The van der Waals surface area contributed by atoms with Gasteiger partial charge < -0.3 is 9.80 Å². The summed E-state index contributed by atoms with van der Waals surface area (Å²) >= 11 is 6.09. The predicted octanol–water partition coefficient (Wildman–Crippen LogP) is 2.87. The Morgan fingerprint density at radius 2 is 2.12 bits per heavy atom. The predicted molar refractivity (Wildman–Crippen MR) is 92.4 cm³/mol. The molecule has 0 spiro atoms. The van der Waals surface area contributed by atoms with Gasteiger partial charge >= 0.3 is 0 Å². The largest absolute Gasteiger partial charge is 0.341 e. The van der Waals surface area contributed by atoms with Gasteiger partial charge in [-0.3, -0.25) is 9.59 Å². The van der Waals surface area contributed by atoms with Gasteiger partial charge in [0, 0.05) is 44.4 Å². The number of piperidine rings is 1. The Bertz CT molecular complexity index is 616. The number of pyridine rings is 1. The molecule has 0 bridgehead atoms. The second kappa shape index (κ2) is 7.51. The standard InChI is InChI=1S/C18H24ClN3O2/c1-21(11-13-5-4-10-20-17(13)19)18(24)14-8-9-16(23)22(12-14)15-6-2-3-7-15/h4-5,10,14-15H,2-3,6-9,11-12H2,1H3/t14-/m1/s1. The van der Waals surface area contributed by atoms with Gasteiger partial charge in [-0.1, -0.05) is 30.5 Å². The first-order valence-electron chi connectivity index (χ1n) is 8.70. The molecule has 0 aromatic carbocycles. The van der Waals surface area contributed by atoms with Gasteiger partial charge in [0.25, 0.3) is 0 Å². The first-order chi connectivity index (χ1) is 11.6. The smallest absolute Gasteiger partial charge is 0.227 e. The molecule has 2 aliphatic rings. The highest BCUT2D eigenvalue weighted by molar-refractivity contribution is 6.30. The Morgan fingerprint density at radius 1 is 1.38 bits per heavy atom. The summed E-state index contributed by atoms with van der Waals surface area (Å²) in [7, 11) is 1.79. The van der Waals surface area contributed by atoms with E-state index in [0.717, 1.165) is 18.4 Å². The number of likely N-dealkylation sites (tertiary alicyclic amines) is 1. The molecule has 3 rings (SSSR count). The molecular formula is C18H24ClN3O2. The zero-order chi connectivity index (χ0) is 17.1. The lowest BCUT2D eigenvalue weighted by atomic mass is 9.94. The number of carbonyl (C=O) groups is 2. The Labute approximate surface area is 148 Å². The van der Waals surface area contributed by atoms with E-state index >= 15 is 0 Å². The van der Waals surface area contributed by atoms with Crippen molar-refractivity contribution < 1.29 is 9.59 Å². The van der Waals surface area contributed by atoms with Crippen LogP contribution in [-0.2, 0) is 16.1 Å². The summed E-state index contributed by atoms with van der Waals surface area (Å²) in [5.41, 5.74) is 0.842. The molecular weight excluding hydrogens is 326 g/mol. The topological polar surface area (TPSA) is 53.5 Å². The van der Waals surface area contributed by atoms with Crippen molar-refractivity contribution >= 4 is 23.4 Å². The molecule has 2 heterocycles. The van der Waals surface area contributed by atoms with Crippen molar-refractivity contribution in [3.8, 4) is 0 Å². The molecule has 0 unspecified atom stereocenters. The summed E-state index contributed by atoms with van der Waals surface area (Å²) in [4.78, 5) is 32.8. The van der Waals surface area contributed by atoms with Crippen LogP contribution in [0, 0.1) is 5.92 Å². The summed E-state index contributed by atoms with van der Waals surface area (Å²) in [5.74, 6) is 0.193. The first-order valence-corrected chi connectivity index (χ1v) is 9.08. The normalized spacial score (nSPS) is 22.0. The molecule has 1 aliphatic heterocycles. The van der Waals surface area contributed by atoms with Crippen molar-refractivity contribution in [2.75, 3.05) is 13.6 Å². The van der Waals surface area contributed by atoms with Gasteiger partial charge in [0.1, 0.15) is 5.15 Å². The maximum Gasteiger partial charge on any atom is 0.227 e. The van der Waals surface area contributed by atoms with Gasteiger partial charge in [-0.2, -0.15) is 0 Å². The van der Waals surface area contributed by atoms with Crippen LogP contribution >= 0.6 is 11.6 Å². The van der Waals surface area contributed by atoms with Crippen LogP contribution in [-0.4, -0.2) is 46.2 Å². The molecule has 2 fully saturated rings. The highest BCUT2D eigenvalue weighted by atomic mass is 35.5. The molecule has 6 heteroatoms. The fourth-order valence-electron chi connectivity index (χ4n) is 3.82. The minimum atomic E-state index is -0.108. The lowest BCUT2D eigenvalue weighted by Gasteiger charge is -2.37. The molecule has 1 atom stereocenters. The first kappa shape index (κ1) is 17.2. The zero-order valence-corrected chi connectivity index (χ0v) is 14.8. The van der Waals surface area contributed by atoms with Gasteiger partial charge in [0.05, 0.1) is 5.92 Å². The Balaban J connectivity index is 1.63. The van der Waals surface area contributed by atoms with Crippen LogP contribution < -0.4 is 0 Å². The Kier molecular flexibility index (Phi) is 5.39. The number of nitrogens with zero attached hydrogens (tertiary/aromatic N) is 3. The summed E-state index contributed by atoms with van der Waals surface area (Å²) in [5, 5.41) is 0.434. The fourth-order valence-corrected chi connectivity index (χ4v) is 4.00. The van der Waals surface area contributed by atoms with Crippen molar-refractivity contribution in [3.05, 3.63) is 29.0 Å². The average molecular weight is 350 g/mol. The molecule has 24 heavy (non-hydrogen) atoms. The lowest BCUT2D eigenvalue weighted by molar-refractivity contribution is -0.144. The van der Waals surface area contributed by atoms with E-state index in [1.165, 1.54) is 12.8 Å². The van der Waals surface area contributed by atoms with Gasteiger partial charge in [0.15, 0.2) is 0 Å². The van der Waals surface area contributed by atoms with E-state index < -0.39 is 0 Å². The molecule has 0 radical (unpaired) electrons. The van der Waals surface area contributed by atoms with E-state index in [1.807, 2.05) is 17.0 Å². The number of aromatic nitrogens is 1. The molecule has 1 saturated carbocycles. The quantitative estimate of drug-likeness (QED) is 0.785. The molecule has 5 nitrogen and oxygen atoms in total. The van der Waals surface area contributed by atoms with Crippen molar-refractivity contribution in [1.29, 1.82) is 0 Å². The molecule has 2 amide bonds. The van der Waals surface area contributed by atoms with Crippen LogP contribution in [0.5, 0.6) is 0 Å². The molecule has 1 aromatic heterocycles. The summed E-state index contributed by atoms with van der Waals surface area (Å²) in [6, 6.07) is 4.04. The summed E-state index contributed by atoms with van der Waals surface area (Å²) in [6.07, 6.45) is 7.29. The number of halogens is 1. The summed E-state index contributed by atoms with van der Waals surface area (Å²) in [6.45, 7) is 1.01. The maximum atomic E-state index is 12.8. The number of rotatable bonds is 4. The van der Waals surface area contributed by atoms with Gasteiger partial charge in [-0.05, 0) is 25.3 Å². The van der Waals surface area contributed by atoms with E-state index in [0.29, 0.717) is 37.1 Å². The van der Waals surface area contributed by atoms with Gasteiger partial charge in [-0.25, -0.2) is 4.98 Å². The van der Waals surface area contributed by atoms with Crippen LogP contribution in [0.1, 0.15) is 44.1 Å². The van der Waals surface area contributed by atoms with E-state index in [-0.39, 0.29) is 17.7 Å². The van der Waals surface area contributed by atoms with Crippen LogP contribution in [0.15, 0.2) is 18.3 Å². The average Bonchev–Trinajstić information content (AvgIpc) is 3.11. The summed E-state index contributed by atoms with van der Waals surface area (Å²) < 4.78 is 0.